The molecule has 5 atom stereocenters. The van der Waals surface area contributed by atoms with Gasteiger partial charge in [-0.3, -0.25) is 4.90 Å². The third kappa shape index (κ3) is 3.83. The summed E-state index contributed by atoms with van der Waals surface area (Å²) in [5.41, 5.74) is 4.10. The summed E-state index contributed by atoms with van der Waals surface area (Å²) in [5, 5.41) is 6.71. The summed E-state index contributed by atoms with van der Waals surface area (Å²) in [5.74, 6) is 2.62. The van der Waals surface area contributed by atoms with Crippen LogP contribution in [0.15, 0.2) is 0 Å². The van der Waals surface area contributed by atoms with Crippen LogP contribution in [0.3, 0.4) is 0 Å². The summed E-state index contributed by atoms with van der Waals surface area (Å²) in [6, 6.07) is 1.49. The van der Waals surface area contributed by atoms with E-state index < -0.39 is 0 Å². The maximum Gasteiger partial charge on any atom is 0.0780 e. The van der Waals surface area contributed by atoms with Crippen LogP contribution in [0.2, 0.25) is 0 Å². The molecule has 3 heterocycles. The van der Waals surface area contributed by atoms with Crippen LogP contribution in [-0.4, -0.2) is 79.4 Å². The molecule has 2 N–H and O–H groups in total. The van der Waals surface area contributed by atoms with E-state index in [0.29, 0.717) is 12.2 Å². The van der Waals surface area contributed by atoms with Gasteiger partial charge in [0.25, 0.3) is 0 Å². The van der Waals surface area contributed by atoms with Gasteiger partial charge in [0.15, 0.2) is 0 Å². The molecule has 5 aliphatic rings. The second-order valence-electron chi connectivity index (χ2n) is 10.2. The fraction of sp³-hybridized carbons (Fsp3) is 1.00. The van der Waals surface area contributed by atoms with E-state index in [2.05, 4.69) is 32.6 Å². The first-order chi connectivity index (χ1) is 13.3. The van der Waals surface area contributed by atoms with Crippen LogP contribution in [0.4, 0.5) is 0 Å². The highest BCUT2D eigenvalue weighted by Gasteiger charge is 2.52. The lowest BCUT2D eigenvalue weighted by Crippen LogP contribution is -2.60. The number of piperazine rings is 1. The van der Waals surface area contributed by atoms with Crippen LogP contribution in [0.25, 0.3) is 0 Å². The number of piperidine rings is 1. The van der Waals surface area contributed by atoms with Crippen molar-refractivity contribution in [2.75, 3.05) is 46.3 Å². The fourth-order valence-corrected chi connectivity index (χ4v) is 6.94. The molecule has 0 aromatic heterocycles. The standard InChI is InChI=1S/C22H41N5/c1-25-11-13-26(14-12-25)22-21-18-9-5-6-10-19(18)23-15-20(21)27(24-22)16-17-7-3-2-4-8-17/h17-24H,2-16H2,1H3. The molecule has 5 heteroatoms. The number of rotatable bonds is 3. The second kappa shape index (κ2) is 8.27. The molecule has 3 aliphatic heterocycles. The molecular formula is C22H41N5. The van der Waals surface area contributed by atoms with E-state index in [1.807, 2.05) is 0 Å². The minimum absolute atomic E-state index is 0.583. The highest BCUT2D eigenvalue weighted by Crippen LogP contribution is 2.42. The van der Waals surface area contributed by atoms with Gasteiger partial charge < -0.3 is 10.2 Å². The largest absolute Gasteiger partial charge is 0.312 e. The van der Waals surface area contributed by atoms with Gasteiger partial charge in [-0.25, -0.2) is 10.4 Å². The van der Waals surface area contributed by atoms with Crippen LogP contribution in [0.5, 0.6) is 0 Å². The van der Waals surface area contributed by atoms with E-state index in [0.717, 1.165) is 23.8 Å². The SMILES string of the molecule is CN1CCN(C2NN(CC3CCCCC3)C3CNC4CCCCC4C23)CC1. The van der Waals surface area contributed by atoms with Gasteiger partial charge in [-0.05, 0) is 44.6 Å². The molecule has 2 aliphatic carbocycles. The van der Waals surface area contributed by atoms with Crippen LogP contribution in [0, 0.1) is 17.8 Å². The van der Waals surface area contributed by atoms with E-state index in [1.54, 1.807) is 0 Å². The van der Waals surface area contributed by atoms with Gasteiger partial charge in [0.2, 0.25) is 0 Å². The van der Waals surface area contributed by atoms with Crippen molar-refractivity contribution in [3.63, 3.8) is 0 Å². The van der Waals surface area contributed by atoms with Gasteiger partial charge in [-0.15, -0.1) is 0 Å². The van der Waals surface area contributed by atoms with Crippen LogP contribution < -0.4 is 10.7 Å². The Morgan fingerprint density at radius 2 is 1.59 bits per heavy atom. The molecule has 0 bridgehead atoms. The molecule has 5 fully saturated rings. The molecule has 0 amide bonds. The zero-order valence-electron chi connectivity index (χ0n) is 17.4. The Labute approximate surface area is 166 Å². The third-order valence-corrected chi connectivity index (χ3v) is 8.52. The Balaban J connectivity index is 1.34. The molecule has 0 aromatic carbocycles. The molecular weight excluding hydrogens is 334 g/mol. The summed E-state index contributed by atoms with van der Waals surface area (Å²) in [6.45, 7) is 7.41. The summed E-state index contributed by atoms with van der Waals surface area (Å²) in [4.78, 5) is 5.30. The lowest BCUT2D eigenvalue weighted by molar-refractivity contribution is 0.0317. The number of likely N-dealkylation sites (N-methyl/N-ethyl adjacent to an activating group) is 1. The molecule has 3 saturated heterocycles. The molecule has 27 heavy (non-hydrogen) atoms. The average molecular weight is 376 g/mol. The second-order valence-corrected chi connectivity index (χ2v) is 10.2. The minimum atomic E-state index is 0.583. The lowest BCUT2D eigenvalue weighted by Gasteiger charge is -2.48. The smallest absolute Gasteiger partial charge is 0.0780 e. The third-order valence-electron chi connectivity index (χ3n) is 8.52. The number of hydrogen-bond acceptors (Lipinski definition) is 5. The van der Waals surface area contributed by atoms with Crippen LogP contribution in [-0.2, 0) is 0 Å². The highest BCUT2D eigenvalue weighted by molar-refractivity contribution is 5.05. The van der Waals surface area contributed by atoms with Gasteiger partial charge in [-0.2, -0.15) is 0 Å². The van der Waals surface area contributed by atoms with Crippen molar-refractivity contribution in [1.82, 2.24) is 25.6 Å². The van der Waals surface area contributed by atoms with Crippen LogP contribution in [0.1, 0.15) is 57.8 Å². The van der Waals surface area contributed by atoms with Gasteiger partial charge in [0.1, 0.15) is 0 Å². The summed E-state index contributed by atoms with van der Waals surface area (Å²) >= 11 is 0. The summed E-state index contributed by atoms with van der Waals surface area (Å²) < 4.78 is 0. The fourth-order valence-electron chi connectivity index (χ4n) is 6.94. The zero-order valence-corrected chi connectivity index (χ0v) is 17.4. The van der Waals surface area contributed by atoms with Crippen molar-refractivity contribution in [3.8, 4) is 0 Å². The molecule has 5 nitrogen and oxygen atoms in total. The number of hydrazine groups is 1. The maximum atomic E-state index is 4.10. The summed E-state index contributed by atoms with van der Waals surface area (Å²) in [7, 11) is 2.28. The average Bonchev–Trinajstić information content (AvgIpc) is 3.08. The Bertz CT molecular complexity index is 485. The zero-order chi connectivity index (χ0) is 18.2. The number of fused-ring (bicyclic) bond motifs is 3. The van der Waals surface area contributed by atoms with Gasteiger partial charge in [0.05, 0.1) is 6.17 Å². The van der Waals surface area contributed by atoms with E-state index in [1.165, 1.54) is 97.1 Å². The normalized spacial score (nSPS) is 42.8. The van der Waals surface area contributed by atoms with E-state index in [9.17, 15) is 0 Å². The lowest BCUT2D eigenvalue weighted by atomic mass is 9.70. The molecule has 0 radical (unpaired) electrons. The highest BCUT2D eigenvalue weighted by atomic mass is 15.6. The number of nitrogens with one attached hydrogen (secondary N) is 2. The van der Waals surface area contributed by atoms with Crippen LogP contribution >= 0.6 is 0 Å². The first-order valence-electron chi connectivity index (χ1n) is 12.0. The molecule has 5 unspecified atom stereocenters. The van der Waals surface area contributed by atoms with Gasteiger partial charge in [-0.1, -0.05) is 32.1 Å². The maximum absolute atomic E-state index is 4.10. The Morgan fingerprint density at radius 1 is 0.852 bits per heavy atom. The number of nitrogens with zero attached hydrogens (tertiary/aromatic N) is 3. The molecule has 0 aromatic rings. The molecule has 154 valence electrons. The molecule has 0 spiro atoms. The number of hydrogen-bond donors (Lipinski definition) is 2. The van der Waals surface area contributed by atoms with Crippen molar-refractivity contribution < 1.29 is 0 Å². The summed E-state index contributed by atoms with van der Waals surface area (Å²) in [6.07, 6.45) is 13.6. The Morgan fingerprint density at radius 3 is 2.41 bits per heavy atom. The Hall–Kier alpha value is -0.200. The molecule has 2 saturated carbocycles. The van der Waals surface area contributed by atoms with E-state index in [4.69, 9.17) is 0 Å². The van der Waals surface area contributed by atoms with Crippen molar-refractivity contribution in [2.24, 2.45) is 17.8 Å². The molecule has 5 rings (SSSR count). The van der Waals surface area contributed by atoms with Crippen molar-refractivity contribution >= 4 is 0 Å². The van der Waals surface area contributed by atoms with Crippen molar-refractivity contribution in [3.05, 3.63) is 0 Å². The monoisotopic (exact) mass is 375 g/mol. The first kappa shape index (κ1) is 18.8. The van der Waals surface area contributed by atoms with Gasteiger partial charge in [0, 0.05) is 57.3 Å². The van der Waals surface area contributed by atoms with Crippen molar-refractivity contribution in [1.29, 1.82) is 0 Å². The van der Waals surface area contributed by atoms with E-state index in [-0.39, 0.29) is 0 Å². The quantitative estimate of drug-likeness (QED) is 0.790. The first-order valence-corrected chi connectivity index (χ1v) is 12.0. The van der Waals surface area contributed by atoms with Crippen molar-refractivity contribution in [2.45, 2.75) is 76.0 Å². The topological polar surface area (TPSA) is 33.8 Å². The Kier molecular flexibility index (Phi) is 5.76. The predicted octanol–water partition coefficient (Wildman–Crippen LogP) is 2.11. The van der Waals surface area contributed by atoms with Gasteiger partial charge >= 0.3 is 0 Å². The van der Waals surface area contributed by atoms with E-state index >= 15 is 0 Å². The predicted molar refractivity (Wildman–Crippen MR) is 110 cm³/mol. The minimum Gasteiger partial charge on any atom is -0.312 e.